The van der Waals surface area contributed by atoms with E-state index in [1.807, 2.05) is 0 Å². The lowest BCUT2D eigenvalue weighted by Gasteiger charge is -2.40. The molecule has 0 aromatic heterocycles. The Labute approximate surface area is 196 Å². The normalized spacial score (nSPS) is 17.5. The van der Waals surface area contributed by atoms with Crippen molar-refractivity contribution in [1.29, 1.82) is 0 Å². The number of phenols is 1. The zero-order valence-corrected chi connectivity index (χ0v) is 19.9. The van der Waals surface area contributed by atoms with Crippen molar-refractivity contribution in [3.8, 4) is 5.75 Å². The lowest BCUT2D eigenvalue weighted by molar-refractivity contribution is -0.120. The maximum absolute atomic E-state index is 13.7. The van der Waals surface area contributed by atoms with E-state index in [2.05, 4.69) is 48.7 Å². The van der Waals surface area contributed by atoms with Crippen LogP contribution >= 0.6 is 0 Å². The van der Waals surface area contributed by atoms with E-state index in [9.17, 15) is 19.4 Å². The molecule has 2 aromatic rings. The molecule has 0 spiro atoms. The van der Waals surface area contributed by atoms with Gasteiger partial charge in [0.15, 0.2) is 0 Å². The first-order valence-corrected chi connectivity index (χ1v) is 12.0. The molecule has 1 saturated carbocycles. The van der Waals surface area contributed by atoms with Crippen LogP contribution in [-0.4, -0.2) is 34.8 Å². The summed E-state index contributed by atoms with van der Waals surface area (Å²) in [6.07, 6.45) is 4.75. The first-order valence-electron chi connectivity index (χ1n) is 12.0. The van der Waals surface area contributed by atoms with Crippen molar-refractivity contribution >= 4 is 5.91 Å². The average Bonchev–Trinajstić information content (AvgIpc) is 2.77. The lowest BCUT2D eigenvalue weighted by atomic mass is 9.75. The molecule has 0 unspecified atom stereocenters. The number of carbonyl (C=O) groups is 1. The predicted octanol–water partition coefficient (Wildman–Crippen LogP) is 4.51. The Morgan fingerprint density at radius 1 is 1.12 bits per heavy atom. The number of carbonyl (C=O) groups excluding carboxylic acids is 1. The third kappa shape index (κ3) is 6.78. The van der Waals surface area contributed by atoms with Crippen LogP contribution in [0.2, 0.25) is 0 Å². The SMILES string of the molecule is CC(=O)N[C@@H](Cc1cc(O)cc(F)c1)[C@@H](O)CNC1(c2cccc(C(C)C)c2)CCCCC1. The first-order chi connectivity index (χ1) is 15.7. The van der Waals surface area contributed by atoms with Gasteiger partial charge in [-0.3, -0.25) is 4.79 Å². The van der Waals surface area contributed by atoms with Crippen LogP contribution in [0, 0.1) is 5.82 Å². The number of hydrogen-bond donors (Lipinski definition) is 4. The van der Waals surface area contributed by atoms with E-state index in [0.29, 0.717) is 11.5 Å². The summed E-state index contributed by atoms with van der Waals surface area (Å²) in [6, 6.07) is 11.9. The number of halogens is 1. The standard InChI is InChI=1S/C27H37FN2O3/c1-18(2)21-8-7-9-22(15-21)27(10-5-4-6-11-27)29-17-26(33)25(30-19(3)31)14-20-12-23(28)16-24(32)13-20/h7-9,12-13,15-16,18,25-26,29,32-33H,4-6,10-11,14,17H2,1-3H3,(H,30,31)/t25-,26-/m0/s1. The van der Waals surface area contributed by atoms with Crippen molar-refractivity contribution in [3.63, 3.8) is 0 Å². The van der Waals surface area contributed by atoms with Gasteiger partial charge in [-0.2, -0.15) is 0 Å². The smallest absolute Gasteiger partial charge is 0.217 e. The summed E-state index contributed by atoms with van der Waals surface area (Å²) >= 11 is 0. The summed E-state index contributed by atoms with van der Waals surface area (Å²) in [5.74, 6) is -0.560. The molecule has 6 heteroatoms. The first kappa shape index (κ1) is 25.2. The van der Waals surface area contributed by atoms with Crippen LogP contribution in [-0.2, 0) is 16.8 Å². The van der Waals surface area contributed by atoms with Gasteiger partial charge >= 0.3 is 0 Å². The van der Waals surface area contributed by atoms with Gasteiger partial charge in [0, 0.05) is 25.1 Å². The van der Waals surface area contributed by atoms with Gasteiger partial charge < -0.3 is 20.8 Å². The Hall–Kier alpha value is -2.44. The molecular weight excluding hydrogens is 419 g/mol. The molecule has 0 bridgehead atoms. The second-order valence-corrected chi connectivity index (χ2v) is 9.70. The Morgan fingerprint density at radius 2 is 1.85 bits per heavy atom. The molecule has 5 nitrogen and oxygen atoms in total. The Bertz CT molecular complexity index is 920. The number of aliphatic hydroxyl groups excluding tert-OH is 1. The van der Waals surface area contributed by atoms with Gasteiger partial charge in [0.2, 0.25) is 5.91 Å². The van der Waals surface area contributed by atoms with Crippen molar-refractivity contribution in [3.05, 3.63) is 65.0 Å². The van der Waals surface area contributed by atoms with Crippen molar-refractivity contribution in [2.75, 3.05) is 6.54 Å². The maximum Gasteiger partial charge on any atom is 0.217 e. The van der Waals surface area contributed by atoms with Gasteiger partial charge in [-0.1, -0.05) is 57.4 Å². The minimum Gasteiger partial charge on any atom is -0.508 e. The molecule has 1 fully saturated rings. The maximum atomic E-state index is 13.7. The lowest BCUT2D eigenvalue weighted by Crippen LogP contribution is -2.53. The number of phenolic OH excluding ortho intramolecular Hbond substituents is 1. The van der Waals surface area contributed by atoms with Gasteiger partial charge in [0.1, 0.15) is 11.6 Å². The molecule has 0 saturated heterocycles. The fourth-order valence-corrected chi connectivity index (χ4v) is 4.91. The van der Waals surface area contributed by atoms with Crippen LogP contribution in [0.3, 0.4) is 0 Å². The highest BCUT2D eigenvalue weighted by Crippen LogP contribution is 2.38. The molecule has 3 rings (SSSR count). The number of benzene rings is 2. The molecule has 180 valence electrons. The van der Waals surface area contributed by atoms with Crippen molar-refractivity contribution < 1.29 is 19.4 Å². The minimum atomic E-state index is -0.883. The van der Waals surface area contributed by atoms with E-state index in [4.69, 9.17) is 0 Å². The van der Waals surface area contributed by atoms with Gasteiger partial charge in [-0.05, 0) is 54.0 Å². The van der Waals surface area contributed by atoms with Crippen LogP contribution in [0.4, 0.5) is 4.39 Å². The predicted molar refractivity (Wildman–Crippen MR) is 129 cm³/mol. The molecule has 1 aliphatic rings. The van der Waals surface area contributed by atoms with Crippen LogP contribution in [0.1, 0.15) is 75.5 Å². The van der Waals surface area contributed by atoms with E-state index in [1.165, 1.54) is 36.6 Å². The van der Waals surface area contributed by atoms with Crippen LogP contribution < -0.4 is 10.6 Å². The Kier molecular flexibility index (Phi) is 8.49. The van der Waals surface area contributed by atoms with Crippen molar-refractivity contribution in [2.45, 2.75) is 82.9 Å². The topological polar surface area (TPSA) is 81.6 Å². The number of amides is 1. The number of aromatic hydroxyl groups is 1. The number of nitrogens with one attached hydrogen (secondary N) is 2. The van der Waals surface area contributed by atoms with Gasteiger partial charge in [-0.15, -0.1) is 0 Å². The van der Waals surface area contributed by atoms with E-state index >= 15 is 0 Å². The summed E-state index contributed by atoms with van der Waals surface area (Å²) in [5, 5.41) is 27.2. The van der Waals surface area contributed by atoms with E-state index in [-0.39, 0.29) is 30.2 Å². The summed E-state index contributed by atoms with van der Waals surface area (Å²) in [5.41, 5.74) is 2.83. The summed E-state index contributed by atoms with van der Waals surface area (Å²) < 4.78 is 13.7. The van der Waals surface area contributed by atoms with Gasteiger partial charge in [-0.25, -0.2) is 4.39 Å². The zero-order valence-electron chi connectivity index (χ0n) is 19.9. The molecule has 0 radical (unpaired) electrons. The largest absolute Gasteiger partial charge is 0.508 e. The number of aliphatic hydroxyl groups is 1. The summed E-state index contributed by atoms with van der Waals surface area (Å²) in [6.45, 7) is 6.06. The molecule has 2 atom stereocenters. The molecule has 1 aliphatic carbocycles. The average molecular weight is 457 g/mol. The quantitative estimate of drug-likeness (QED) is 0.447. The highest BCUT2D eigenvalue weighted by molar-refractivity contribution is 5.73. The third-order valence-electron chi connectivity index (χ3n) is 6.71. The van der Waals surface area contributed by atoms with Gasteiger partial charge in [0.25, 0.3) is 0 Å². The molecule has 33 heavy (non-hydrogen) atoms. The zero-order chi connectivity index (χ0) is 24.0. The Morgan fingerprint density at radius 3 is 2.48 bits per heavy atom. The Balaban J connectivity index is 1.78. The van der Waals surface area contributed by atoms with E-state index in [1.54, 1.807) is 0 Å². The molecule has 4 N–H and O–H groups in total. The van der Waals surface area contributed by atoms with E-state index in [0.717, 1.165) is 31.7 Å². The van der Waals surface area contributed by atoms with Gasteiger partial charge in [0.05, 0.1) is 12.1 Å². The highest BCUT2D eigenvalue weighted by atomic mass is 19.1. The number of hydrogen-bond acceptors (Lipinski definition) is 4. The molecule has 0 heterocycles. The molecular formula is C27H37FN2O3. The molecule has 2 aromatic carbocycles. The number of rotatable bonds is 9. The molecule has 1 amide bonds. The third-order valence-corrected chi connectivity index (χ3v) is 6.71. The fourth-order valence-electron chi connectivity index (χ4n) is 4.91. The van der Waals surface area contributed by atoms with Crippen molar-refractivity contribution in [2.24, 2.45) is 0 Å². The van der Waals surface area contributed by atoms with Crippen LogP contribution in [0.15, 0.2) is 42.5 Å². The highest BCUT2D eigenvalue weighted by Gasteiger charge is 2.35. The van der Waals surface area contributed by atoms with E-state index < -0.39 is 18.0 Å². The minimum absolute atomic E-state index is 0.176. The van der Waals surface area contributed by atoms with Crippen LogP contribution in [0.5, 0.6) is 5.75 Å². The monoisotopic (exact) mass is 456 g/mol. The van der Waals surface area contributed by atoms with Crippen LogP contribution in [0.25, 0.3) is 0 Å². The summed E-state index contributed by atoms with van der Waals surface area (Å²) in [7, 11) is 0. The second kappa shape index (κ2) is 11.1. The molecule has 0 aliphatic heterocycles. The van der Waals surface area contributed by atoms with Crippen molar-refractivity contribution in [1.82, 2.24) is 10.6 Å². The second-order valence-electron chi connectivity index (χ2n) is 9.70. The summed E-state index contributed by atoms with van der Waals surface area (Å²) in [4.78, 5) is 11.8. The fraction of sp³-hybridized carbons (Fsp3) is 0.519.